The van der Waals surface area contributed by atoms with Gasteiger partial charge in [-0.2, -0.15) is 0 Å². The molecule has 0 aliphatic rings. The van der Waals surface area contributed by atoms with E-state index in [-0.39, 0.29) is 6.61 Å². The summed E-state index contributed by atoms with van der Waals surface area (Å²) in [5.74, 6) is -0.000454. The average Bonchev–Trinajstić information content (AvgIpc) is 2.46. The minimum Gasteiger partial charge on any atom is -0.496 e. The third-order valence-electron chi connectivity index (χ3n) is 2.73. The fourth-order valence-corrected chi connectivity index (χ4v) is 2.05. The Morgan fingerprint density at radius 1 is 1.20 bits per heavy atom. The van der Waals surface area contributed by atoms with E-state index in [4.69, 9.17) is 15.2 Å². The van der Waals surface area contributed by atoms with E-state index in [0.29, 0.717) is 17.0 Å². The molecule has 2 N–H and O–H groups in total. The summed E-state index contributed by atoms with van der Waals surface area (Å²) in [5.41, 5.74) is 7.44. The summed E-state index contributed by atoms with van der Waals surface area (Å²) in [6.45, 7) is 0.216. The van der Waals surface area contributed by atoms with Crippen molar-refractivity contribution in [3.63, 3.8) is 0 Å². The third-order valence-corrected chi connectivity index (χ3v) is 3.45. The van der Waals surface area contributed by atoms with Crippen LogP contribution in [0.4, 0.5) is 5.69 Å². The Hall–Kier alpha value is -1.76. The molecule has 0 spiro atoms. The number of halogens is 1. The topological polar surface area (TPSA) is 61.5 Å². The van der Waals surface area contributed by atoms with E-state index >= 15 is 0 Å². The predicted octanol–water partition coefficient (Wildman–Crippen LogP) is 3.24. The molecule has 0 unspecified atom stereocenters. The van der Waals surface area contributed by atoms with Gasteiger partial charge in [0, 0.05) is 9.26 Å². The molecule has 0 radical (unpaired) electrons. The van der Waals surface area contributed by atoms with Crippen LogP contribution in [0.15, 0.2) is 42.5 Å². The lowest BCUT2D eigenvalue weighted by atomic mass is 10.2. The summed E-state index contributed by atoms with van der Waals surface area (Å²) < 4.78 is 11.5. The van der Waals surface area contributed by atoms with Gasteiger partial charge in [-0.15, -0.1) is 0 Å². The highest BCUT2D eigenvalue weighted by Gasteiger charge is 2.14. The number of carbonyl (C=O) groups excluding carboxylic acids is 1. The Morgan fingerprint density at radius 2 is 1.90 bits per heavy atom. The maximum atomic E-state index is 12.1. The third kappa shape index (κ3) is 3.63. The molecule has 4 nitrogen and oxygen atoms in total. The maximum Gasteiger partial charge on any atom is 0.342 e. The summed E-state index contributed by atoms with van der Waals surface area (Å²) in [6.07, 6.45) is 0. The van der Waals surface area contributed by atoms with Gasteiger partial charge in [-0.25, -0.2) is 4.79 Å². The Labute approximate surface area is 131 Å². The van der Waals surface area contributed by atoms with Crippen LogP contribution in [-0.4, -0.2) is 13.1 Å². The average molecular weight is 383 g/mol. The molecule has 0 amide bonds. The van der Waals surface area contributed by atoms with Crippen molar-refractivity contribution >= 4 is 34.2 Å². The molecule has 0 bridgehead atoms. The zero-order chi connectivity index (χ0) is 14.5. The molecule has 0 fully saturated rings. The van der Waals surface area contributed by atoms with Crippen LogP contribution in [0.3, 0.4) is 0 Å². The van der Waals surface area contributed by atoms with Gasteiger partial charge < -0.3 is 15.2 Å². The monoisotopic (exact) mass is 383 g/mol. The molecule has 2 aromatic rings. The molecule has 2 rings (SSSR count). The van der Waals surface area contributed by atoms with E-state index in [0.717, 1.165) is 9.13 Å². The molecule has 0 atom stereocenters. The zero-order valence-corrected chi connectivity index (χ0v) is 13.1. The van der Waals surface area contributed by atoms with Crippen LogP contribution in [-0.2, 0) is 11.3 Å². The molecule has 0 saturated heterocycles. The van der Waals surface area contributed by atoms with E-state index in [1.807, 2.05) is 24.3 Å². The zero-order valence-electron chi connectivity index (χ0n) is 10.9. The van der Waals surface area contributed by atoms with E-state index in [2.05, 4.69) is 22.6 Å². The van der Waals surface area contributed by atoms with Crippen molar-refractivity contribution in [2.75, 3.05) is 12.8 Å². The van der Waals surface area contributed by atoms with Gasteiger partial charge in [-0.05, 0) is 58.5 Å². The molecule has 20 heavy (non-hydrogen) atoms. The van der Waals surface area contributed by atoms with Crippen LogP contribution >= 0.6 is 22.6 Å². The van der Waals surface area contributed by atoms with Crippen LogP contribution in [0.1, 0.15) is 15.9 Å². The molecular formula is C15H14INO3. The second-order valence-electron chi connectivity index (χ2n) is 4.16. The van der Waals surface area contributed by atoms with Gasteiger partial charge in [0.15, 0.2) is 0 Å². The number of hydrogen-bond acceptors (Lipinski definition) is 4. The maximum absolute atomic E-state index is 12.1. The van der Waals surface area contributed by atoms with E-state index in [1.54, 1.807) is 18.2 Å². The Kier molecular flexibility index (Phi) is 4.84. The van der Waals surface area contributed by atoms with Crippen LogP contribution in [0.2, 0.25) is 0 Å². The van der Waals surface area contributed by atoms with Crippen molar-refractivity contribution < 1.29 is 14.3 Å². The minimum atomic E-state index is -0.451. The first-order valence-corrected chi connectivity index (χ1v) is 7.03. The molecule has 0 saturated carbocycles. The van der Waals surface area contributed by atoms with Gasteiger partial charge in [-0.3, -0.25) is 0 Å². The van der Waals surface area contributed by atoms with Crippen LogP contribution in [0.25, 0.3) is 0 Å². The summed E-state index contributed by atoms with van der Waals surface area (Å²) in [6, 6.07) is 12.6. The van der Waals surface area contributed by atoms with Crippen molar-refractivity contribution in [2.45, 2.75) is 6.61 Å². The summed E-state index contributed by atoms with van der Waals surface area (Å²) >= 11 is 2.22. The Balaban J connectivity index is 2.08. The molecule has 0 aromatic heterocycles. The number of esters is 1. The molecule has 2 aromatic carbocycles. The number of benzene rings is 2. The van der Waals surface area contributed by atoms with Crippen LogP contribution in [0.5, 0.6) is 5.75 Å². The molecule has 0 heterocycles. The van der Waals surface area contributed by atoms with E-state index in [9.17, 15) is 4.79 Å². The second kappa shape index (κ2) is 6.60. The van der Waals surface area contributed by atoms with Crippen molar-refractivity contribution in [3.8, 4) is 5.75 Å². The molecule has 0 aliphatic carbocycles. The molecule has 5 heteroatoms. The van der Waals surface area contributed by atoms with E-state index < -0.39 is 5.97 Å². The lowest BCUT2D eigenvalue weighted by Crippen LogP contribution is -2.08. The van der Waals surface area contributed by atoms with Gasteiger partial charge in [0.25, 0.3) is 0 Å². The quantitative estimate of drug-likeness (QED) is 0.500. The van der Waals surface area contributed by atoms with Crippen molar-refractivity contribution in [2.24, 2.45) is 0 Å². The fraction of sp³-hybridized carbons (Fsp3) is 0.133. The number of hydrogen-bond donors (Lipinski definition) is 1. The normalized spacial score (nSPS) is 10.1. The number of carbonyl (C=O) groups is 1. The first kappa shape index (κ1) is 14.6. The number of methoxy groups -OCH3 is 1. The lowest BCUT2D eigenvalue weighted by molar-refractivity contribution is 0.0469. The second-order valence-corrected chi connectivity index (χ2v) is 5.41. The number of ether oxygens (including phenoxy) is 2. The Bertz CT molecular complexity index is 611. The summed E-state index contributed by atoms with van der Waals surface area (Å²) in [4.78, 5) is 12.1. The lowest BCUT2D eigenvalue weighted by Gasteiger charge is -2.09. The summed E-state index contributed by atoms with van der Waals surface area (Å²) in [7, 11) is 1.50. The highest BCUT2D eigenvalue weighted by molar-refractivity contribution is 14.1. The highest BCUT2D eigenvalue weighted by atomic mass is 127. The fourth-order valence-electron chi connectivity index (χ4n) is 1.69. The molecule has 104 valence electrons. The number of nitrogens with two attached hydrogens (primary N) is 1. The van der Waals surface area contributed by atoms with Crippen molar-refractivity contribution in [1.29, 1.82) is 0 Å². The van der Waals surface area contributed by atoms with E-state index in [1.165, 1.54) is 7.11 Å². The van der Waals surface area contributed by atoms with Gasteiger partial charge in [0.2, 0.25) is 0 Å². The Morgan fingerprint density at radius 3 is 2.55 bits per heavy atom. The summed E-state index contributed by atoms with van der Waals surface area (Å²) in [5, 5.41) is 0. The standard InChI is InChI=1S/C15H14INO3/c1-19-14-7-6-12(17)8-13(14)15(18)20-9-10-2-4-11(16)5-3-10/h2-8H,9,17H2,1H3. The van der Waals surface area contributed by atoms with Gasteiger partial charge in [0.1, 0.15) is 17.9 Å². The van der Waals surface area contributed by atoms with Crippen molar-refractivity contribution in [1.82, 2.24) is 0 Å². The smallest absolute Gasteiger partial charge is 0.342 e. The van der Waals surface area contributed by atoms with Gasteiger partial charge >= 0.3 is 5.97 Å². The highest BCUT2D eigenvalue weighted by Crippen LogP contribution is 2.22. The first-order chi connectivity index (χ1) is 9.60. The molecular weight excluding hydrogens is 369 g/mol. The van der Waals surface area contributed by atoms with Crippen LogP contribution in [0, 0.1) is 3.57 Å². The first-order valence-electron chi connectivity index (χ1n) is 5.95. The predicted molar refractivity (Wildman–Crippen MR) is 85.7 cm³/mol. The van der Waals surface area contributed by atoms with Gasteiger partial charge in [-0.1, -0.05) is 12.1 Å². The SMILES string of the molecule is COc1ccc(N)cc1C(=O)OCc1ccc(I)cc1. The number of nitrogen functional groups attached to an aromatic ring is 1. The van der Waals surface area contributed by atoms with Crippen molar-refractivity contribution in [3.05, 3.63) is 57.2 Å². The molecule has 0 aliphatic heterocycles. The minimum absolute atomic E-state index is 0.216. The largest absolute Gasteiger partial charge is 0.496 e. The van der Waals surface area contributed by atoms with Gasteiger partial charge in [0.05, 0.1) is 7.11 Å². The number of anilines is 1. The van der Waals surface area contributed by atoms with Crippen LogP contribution < -0.4 is 10.5 Å². The number of rotatable bonds is 4.